The number of carbonyl (C=O) groups is 1. The Bertz CT molecular complexity index is 1390. The number of fused-ring (bicyclic) bond motifs is 1. The van der Waals surface area contributed by atoms with E-state index in [4.69, 9.17) is 20.7 Å². The van der Waals surface area contributed by atoms with Crippen LogP contribution in [0.15, 0.2) is 60.7 Å². The van der Waals surface area contributed by atoms with Crippen LogP contribution in [0.4, 0.5) is 5.82 Å². The Kier molecular flexibility index (Phi) is 6.12. The van der Waals surface area contributed by atoms with Gasteiger partial charge < -0.3 is 15.6 Å². The summed E-state index contributed by atoms with van der Waals surface area (Å²) in [6, 6.07) is 20.4. The van der Waals surface area contributed by atoms with Gasteiger partial charge >= 0.3 is 0 Å². The van der Waals surface area contributed by atoms with Crippen molar-refractivity contribution in [3.63, 3.8) is 0 Å². The molecule has 37 heavy (non-hydrogen) atoms. The van der Waals surface area contributed by atoms with Gasteiger partial charge in [0.15, 0.2) is 17.3 Å². The van der Waals surface area contributed by atoms with Crippen molar-refractivity contribution in [2.24, 2.45) is 5.73 Å². The molecule has 8 heteroatoms. The number of primary amides is 1. The smallest absolute Gasteiger partial charge is 0.240 e. The van der Waals surface area contributed by atoms with Crippen molar-refractivity contribution in [3.8, 4) is 11.4 Å². The average Bonchev–Trinajstić information content (AvgIpc) is 3.58. The normalized spacial score (nSPS) is 19.9. The highest BCUT2D eigenvalue weighted by Crippen LogP contribution is 2.36. The number of likely N-dealkylation sites (tertiary alicyclic amines) is 1. The van der Waals surface area contributed by atoms with E-state index in [9.17, 15) is 4.79 Å². The van der Waals surface area contributed by atoms with Crippen LogP contribution in [-0.2, 0) is 16.8 Å². The Morgan fingerprint density at radius 3 is 2.41 bits per heavy atom. The molecule has 2 aliphatic rings. The van der Waals surface area contributed by atoms with Crippen LogP contribution in [-0.4, -0.2) is 56.4 Å². The monoisotopic (exact) mass is 495 g/mol. The Morgan fingerprint density at radius 2 is 1.70 bits per heavy atom. The first-order chi connectivity index (χ1) is 18.0. The van der Waals surface area contributed by atoms with E-state index >= 15 is 0 Å². The predicted molar refractivity (Wildman–Crippen MR) is 145 cm³/mol. The van der Waals surface area contributed by atoms with Crippen molar-refractivity contribution in [1.29, 1.82) is 0 Å². The van der Waals surface area contributed by atoms with Gasteiger partial charge in [0.1, 0.15) is 17.4 Å². The third-order valence-corrected chi connectivity index (χ3v) is 8.07. The molecule has 0 radical (unpaired) electrons. The van der Waals surface area contributed by atoms with Gasteiger partial charge in [-0.15, -0.1) is 0 Å². The van der Waals surface area contributed by atoms with Crippen LogP contribution in [0, 0.1) is 0 Å². The van der Waals surface area contributed by atoms with Gasteiger partial charge in [-0.25, -0.2) is 15.0 Å². The highest BCUT2D eigenvalue weighted by atomic mass is 16.1. The molecule has 190 valence electrons. The standard InChI is InChI=1S/C29H33N7O/c1-29(21-11-6-3-7-12-21)14-17-35(18-15-29)19-23-31-24-27(32-23)33-26(20-9-4-2-5-10-20)34-28(24)36-16-8-13-22(36)25(30)37/h2-7,9-12,22H,8,13-19H2,1H3,(H2,30,37)(H,31,32,33,34)/t22-/m1/s1. The van der Waals surface area contributed by atoms with Crippen molar-refractivity contribution in [2.75, 3.05) is 24.5 Å². The molecule has 0 aliphatic carbocycles. The number of nitrogens with one attached hydrogen (secondary N) is 1. The lowest BCUT2D eigenvalue weighted by Gasteiger charge is -2.39. The highest BCUT2D eigenvalue weighted by molar-refractivity contribution is 5.90. The molecule has 0 bridgehead atoms. The summed E-state index contributed by atoms with van der Waals surface area (Å²) in [5.41, 5.74) is 9.69. The molecular weight excluding hydrogens is 462 g/mol. The van der Waals surface area contributed by atoms with Gasteiger partial charge in [-0.05, 0) is 49.8 Å². The molecule has 3 N–H and O–H groups in total. The molecular formula is C29H33N7O. The maximum Gasteiger partial charge on any atom is 0.240 e. The third-order valence-electron chi connectivity index (χ3n) is 8.07. The van der Waals surface area contributed by atoms with Crippen LogP contribution in [0.2, 0.25) is 0 Å². The van der Waals surface area contributed by atoms with Gasteiger partial charge in [-0.2, -0.15) is 0 Å². The van der Waals surface area contributed by atoms with Gasteiger partial charge in [-0.3, -0.25) is 9.69 Å². The summed E-state index contributed by atoms with van der Waals surface area (Å²) in [6.07, 6.45) is 3.84. The maximum atomic E-state index is 12.2. The van der Waals surface area contributed by atoms with Gasteiger partial charge in [0, 0.05) is 12.1 Å². The zero-order valence-corrected chi connectivity index (χ0v) is 21.2. The van der Waals surface area contributed by atoms with E-state index in [1.165, 1.54) is 5.56 Å². The number of aromatic amines is 1. The molecule has 0 spiro atoms. The van der Waals surface area contributed by atoms with Crippen molar-refractivity contribution in [1.82, 2.24) is 24.8 Å². The number of aromatic nitrogens is 4. The minimum absolute atomic E-state index is 0.203. The van der Waals surface area contributed by atoms with Crippen molar-refractivity contribution >= 4 is 22.9 Å². The van der Waals surface area contributed by atoms with E-state index in [-0.39, 0.29) is 17.4 Å². The van der Waals surface area contributed by atoms with E-state index < -0.39 is 0 Å². The molecule has 4 heterocycles. The first kappa shape index (κ1) is 23.6. The number of amides is 1. The second-order valence-corrected chi connectivity index (χ2v) is 10.6. The number of anilines is 1. The second kappa shape index (κ2) is 9.59. The average molecular weight is 496 g/mol. The molecule has 2 aliphatic heterocycles. The molecule has 0 saturated carbocycles. The van der Waals surface area contributed by atoms with E-state index in [1.807, 2.05) is 35.2 Å². The maximum absolute atomic E-state index is 12.2. The Labute approximate surface area is 216 Å². The molecule has 2 saturated heterocycles. The van der Waals surface area contributed by atoms with E-state index in [1.54, 1.807) is 0 Å². The zero-order valence-electron chi connectivity index (χ0n) is 21.2. The predicted octanol–water partition coefficient (Wildman–Crippen LogP) is 4.03. The number of rotatable bonds is 6. The summed E-state index contributed by atoms with van der Waals surface area (Å²) < 4.78 is 0. The Hall–Kier alpha value is -3.78. The minimum atomic E-state index is -0.369. The van der Waals surface area contributed by atoms with Crippen LogP contribution in [0.3, 0.4) is 0 Å². The van der Waals surface area contributed by atoms with Crippen LogP contribution < -0.4 is 10.6 Å². The number of piperidine rings is 1. The fourth-order valence-corrected chi connectivity index (χ4v) is 5.79. The summed E-state index contributed by atoms with van der Waals surface area (Å²) in [5.74, 6) is 1.86. The fourth-order valence-electron chi connectivity index (χ4n) is 5.79. The summed E-state index contributed by atoms with van der Waals surface area (Å²) in [7, 11) is 0. The zero-order chi connectivity index (χ0) is 25.4. The number of carbonyl (C=O) groups excluding carboxylic acids is 1. The lowest BCUT2D eigenvalue weighted by molar-refractivity contribution is -0.119. The van der Waals surface area contributed by atoms with E-state index in [0.29, 0.717) is 17.3 Å². The van der Waals surface area contributed by atoms with E-state index in [0.717, 1.165) is 68.8 Å². The van der Waals surface area contributed by atoms with Gasteiger partial charge in [-0.1, -0.05) is 67.6 Å². The second-order valence-electron chi connectivity index (χ2n) is 10.6. The number of hydrogen-bond donors (Lipinski definition) is 2. The summed E-state index contributed by atoms with van der Waals surface area (Å²) in [5, 5.41) is 0. The molecule has 8 nitrogen and oxygen atoms in total. The van der Waals surface area contributed by atoms with Gasteiger partial charge in [0.05, 0.1) is 6.54 Å². The summed E-state index contributed by atoms with van der Waals surface area (Å²) >= 11 is 0. The Morgan fingerprint density at radius 1 is 1.00 bits per heavy atom. The minimum Gasteiger partial charge on any atom is -0.368 e. The van der Waals surface area contributed by atoms with Crippen LogP contribution in [0.1, 0.15) is 44.0 Å². The van der Waals surface area contributed by atoms with Crippen LogP contribution in [0.5, 0.6) is 0 Å². The quantitative estimate of drug-likeness (QED) is 0.419. The molecule has 6 rings (SSSR count). The van der Waals surface area contributed by atoms with Gasteiger partial charge in [0.2, 0.25) is 5.91 Å². The van der Waals surface area contributed by atoms with Crippen molar-refractivity contribution in [2.45, 2.75) is 50.6 Å². The Balaban J connectivity index is 1.29. The molecule has 2 aromatic carbocycles. The first-order valence-corrected chi connectivity index (χ1v) is 13.2. The van der Waals surface area contributed by atoms with Crippen LogP contribution in [0.25, 0.3) is 22.6 Å². The molecule has 1 amide bonds. The molecule has 1 atom stereocenters. The summed E-state index contributed by atoms with van der Waals surface area (Å²) in [4.78, 5) is 34.8. The topological polar surface area (TPSA) is 104 Å². The number of benzene rings is 2. The molecule has 4 aromatic rings. The fraction of sp³-hybridized carbons (Fsp3) is 0.379. The van der Waals surface area contributed by atoms with Crippen molar-refractivity contribution < 1.29 is 4.79 Å². The third kappa shape index (κ3) is 4.57. The number of hydrogen-bond acceptors (Lipinski definition) is 6. The highest BCUT2D eigenvalue weighted by Gasteiger charge is 2.34. The van der Waals surface area contributed by atoms with Crippen LogP contribution >= 0.6 is 0 Å². The molecule has 0 unspecified atom stereocenters. The van der Waals surface area contributed by atoms with Gasteiger partial charge in [0.25, 0.3) is 0 Å². The number of imidazole rings is 1. The lowest BCUT2D eigenvalue weighted by atomic mass is 9.74. The number of nitrogens with two attached hydrogens (primary N) is 1. The van der Waals surface area contributed by atoms with E-state index in [2.05, 4.69) is 47.1 Å². The first-order valence-electron chi connectivity index (χ1n) is 13.2. The number of H-pyrrole nitrogens is 1. The number of nitrogens with zero attached hydrogens (tertiary/aromatic N) is 5. The summed E-state index contributed by atoms with van der Waals surface area (Å²) in [6.45, 7) is 5.84. The van der Waals surface area contributed by atoms with Crippen molar-refractivity contribution in [3.05, 3.63) is 72.1 Å². The largest absolute Gasteiger partial charge is 0.368 e. The molecule has 2 fully saturated rings. The molecule has 2 aromatic heterocycles. The SMILES string of the molecule is CC1(c2ccccc2)CCN(Cc2nc3nc(-c4ccccc4)nc(N4CCC[C@@H]4C(N)=O)c3[nH]2)CC1. The lowest BCUT2D eigenvalue weighted by Crippen LogP contribution is -2.41.